The summed E-state index contributed by atoms with van der Waals surface area (Å²) in [7, 11) is 0. The van der Waals surface area contributed by atoms with Crippen molar-refractivity contribution in [1.29, 1.82) is 5.26 Å². The zero-order valence-corrected chi connectivity index (χ0v) is 12.4. The minimum Gasteiger partial charge on any atom is -0.271 e. The summed E-state index contributed by atoms with van der Waals surface area (Å²) in [5.41, 5.74) is -0.0609. The van der Waals surface area contributed by atoms with Gasteiger partial charge in [-0.25, -0.2) is 4.99 Å². The Hall–Kier alpha value is -1.20. The number of aliphatic imine (C=N–C) groups is 1. The summed E-state index contributed by atoms with van der Waals surface area (Å²) in [6.07, 6.45) is -1.09. The van der Waals surface area contributed by atoms with Crippen molar-refractivity contribution < 1.29 is 13.2 Å². The van der Waals surface area contributed by atoms with Gasteiger partial charge in [0.05, 0.1) is 11.3 Å². The van der Waals surface area contributed by atoms with Crippen molar-refractivity contribution in [2.45, 2.75) is 13.1 Å². The van der Waals surface area contributed by atoms with Crippen LogP contribution in [0.5, 0.6) is 0 Å². The van der Waals surface area contributed by atoms with E-state index in [0.717, 1.165) is 23.9 Å². The van der Waals surface area contributed by atoms with E-state index in [1.807, 2.05) is 0 Å². The highest BCUT2D eigenvalue weighted by Crippen LogP contribution is 2.37. The second-order valence-electron chi connectivity index (χ2n) is 3.46. The Bertz CT molecular complexity index is 549. The number of benzene rings is 1. The molecule has 0 saturated heterocycles. The molecular weight excluding hydrogens is 343 g/mol. The number of rotatable bonds is 1. The van der Waals surface area contributed by atoms with E-state index < -0.39 is 11.7 Å². The summed E-state index contributed by atoms with van der Waals surface area (Å²) in [6.45, 7) is 1.65. The molecule has 0 amide bonds. The van der Waals surface area contributed by atoms with Crippen molar-refractivity contribution >= 4 is 38.5 Å². The maximum Gasteiger partial charge on any atom is 0.416 e. The van der Waals surface area contributed by atoms with E-state index in [1.165, 1.54) is 0 Å². The largest absolute Gasteiger partial charge is 0.416 e. The lowest BCUT2D eigenvalue weighted by Gasteiger charge is -2.11. The SMILES string of the molecule is CSC(=Nc1cc(C(F)(F)F)cc(Br)c1C)NC#N. The zero-order valence-electron chi connectivity index (χ0n) is 9.97. The topological polar surface area (TPSA) is 48.2 Å². The van der Waals surface area contributed by atoms with Crippen LogP contribution in [0.3, 0.4) is 0 Å². The third kappa shape index (κ3) is 4.14. The molecule has 0 aliphatic heterocycles. The fourth-order valence-electron chi connectivity index (χ4n) is 1.23. The Balaban J connectivity index is 3.35. The summed E-state index contributed by atoms with van der Waals surface area (Å²) in [5, 5.41) is 11.0. The van der Waals surface area contributed by atoms with Gasteiger partial charge in [0.15, 0.2) is 11.4 Å². The van der Waals surface area contributed by atoms with Gasteiger partial charge in [0.1, 0.15) is 0 Å². The molecule has 1 rings (SSSR count). The average molecular weight is 352 g/mol. The Morgan fingerprint density at radius 3 is 2.58 bits per heavy atom. The Morgan fingerprint density at radius 2 is 2.11 bits per heavy atom. The number of nitrogens with one attached hydrogen (secondary N) is 1. The molecular formula is C11H9BrF3N3S. The predicted molar refractivity (Wildman–Crippen MR) is 73.2 cm³/mol. The quantitative estimate of drug-likeness (QED) is 0.357. The number of hydrogen-bond donors (Lipinski definition) is 1. The number of nitriles is 1. The summed E-state index contributed by atoms with van der Waals surface area (Å²) in [5.74, 6) is 0. The molecule has 8 heteroatoms. The van der Waals surface area contributed by atoms with E-state index in [-0.39, 0.29) is 10.9 Å². The van der Waals surface area contributed by atoms with Crippen molar-refractivity contribution in [1.82, 2.24) is 5.32 Å². The molecule has 0 fully saturated rings. The highest BCUT2D eigenvalue weighted by atomic mass is 79.9. The summed E-state index contributed by atoms with van der Waals surface area (Å²) in [6, 6.07) is 1.96. The monoisotopic (exact) mass is 351 g/mol. The fourth-order valence-corrected chi connectivity index (χ4v) is 2.01. The van der Waals surface area contributed by atoms with Crippen LogP contribution in [0.1, 0.15) is 11.1 Å². The van der Waals surface area contributed by atoms with Crippen LogP contribution < -0.4 is 5.32 Å². The number of alkyl halides is 3. The van der Waals surface area contributed by atoms with E-state index >= 15 is 0 Å². The molecule has 102 valence electrons. The van der Waals surface area contributed by atoms with Crippen molar-refractivity contribution in [2.24, 2.45) is 4.99 Å². The number of hydrogen-bond acceptors (Lipinski definition) is 3. The van der Waals surface area contributed by atoms with Crippen LogP contribution in [-0.4, -0.2) is 11.4 Å². The van der Waals surface area contributed by atoms with E-state index in [1.54, 1.807) is 19.4 Å². The molecule has 0 unspecified atom stereocenters. The van der Waals surface area contributed by atoms with Crippen molar-refractivity contribution in [3.63, 3.8) is 0 Å². The number of thioether (sulfide) groups is 1. The molecule has 1 aromatic carbocycles. The van der Waals surface area contributed by atoms with Gasteiger partial charge in [0.2, 0.25) is 0 Å². The van der Waals surface area contributed by atoms with Crippen LogP contribution in [0.4, 0.5) is 18.9 Å². The van der Waals surface area contributed by atoms with Gasteiger partial charge < -0.3 is 0 Å². The maximum atomic E-state index is 12.7. The minimum atomic E-state index is -4.44. The maximum absolute atomic E-state index is 12.7. The van der Waals surface area contributed by atoms with Crippen LogP contribution in [0.15, 0.2) is 21.6 Å². The second-order valence-corrected chi connectivity index (χ2v) is 5.11. The first kappa shape index (κ1) is 15.9. The first-order valence-corrected chi connectivity index (χ1v) is 6.96. The van der Waals surface area contributed by atoms with Crippen LogP contribution in [0, 0.1) is 18.4 Å². The molecule has 0 aliphatic rings. The molecule has 1 N–H and O–H groups in total. The summed E-state index contributed by atoms with van der Waals surface area (Å²) >= 11 is 4.22. The smallest absolute Gasteiger partial charge is 0.271 e. The number of halogens is 4. The van der Waals surface area contributed by atoms with Gasteiger partial charge in [0, 0.05) is 4.47 Å². The Labute approximate surface area is 121 Å². The molecule has 0 spiro atoms. The molecule has 0 heterocycles. The van der Waals surface area contributed by atoms with E-state index in [0.29, 0.717) is 10.0 Å². The van der Waals surface area contributed by atoms with Gasteiger partial charge in [-0.3, -0.25) is 5.32 Å². The number of nitrogens with zero attached hydrogens (tertiary/aromatic N) is 2. The van der Waals surface area contributed by atoms with Crippen LogP contribution in [-0.2, 0) is 6.18 Å². The molecule has 19 heavy (non-hydrogen) atoms. The molecule has 0 saturated carbocycles. The van der Waals surface area contributed by atoms with E-state index in [9.17, 15) is 13.2 Å². The molecule has 0 bridgehead atoms. The minimum absolute atomic E-state index is 0.161. The Kier molecular flexibility index (Phi) is 5.26. The third-order valence-corrected chi connectivity index (χ3v) is 3.63. The number of amidine groups is 1. The normalized spacial score (nSPS) is 12.2. The highest BCUT2D eigenvalue weighted by Gasteiger charge is 2.31. The van der Waals surface area contributed by atoms with Crippen LogP contribution in [0.2, 0.25) is 0 Å². The van der Waals surface area contributed by atoms with Crippen molar-refractivity contribution in [3.8, 4) is 6.19 Å². The molecule has 1 aromatic rings. The molecule has 0 atom stereocenters. The lowest BCUT2D eigenvalue weighted by atomic mass is 10.1. The Morgan fingerprint density at radius 1 is 1.47 bits per heavy atom. The average Bonchev–Trinajstić information content (AvgIpc) is 2.32. The third-order valence-electron chi connectivity index (χ3n) is 2.22. The van der Waals surface area contributed by atoms with Gasteiger partial charge in [-0.2, -0.15) is 18.4 Å². The van der Waals surface area contributed by atoms with Crippen molar-refractivity contribution in [2.75, 3.05) is 6.26 Å². The lowest BCUT2D eigenvalue weighted by Crippen LogP contribution is -2.12. The van der Waals surface area contributed by atoms with Gasteiger partial charge in [-0.15, -0.1) is 0 Å². The van der Waals surface area contributed by atoms with Gasteiger partial charge in [0.25, 0.3) is 0 Å². The van der Waals surface area contributed by atoms with Crippen LogP contribution in [0.25, 0.3) is 0 Å². The first-order chi connectivity index (χ1) is 8.79. The van der Waals surface area contributed by atoms with Gasteiger partial charge in [-0.1, -0.05) is 27.7 Å². The lowest BCUT2D eigenvalue weighted by molar-refractivity contribution is -0.137. The van der Waals surface area contributed by atoms with Crippen LogP contribution >= 0.6 is 27.7 Å². The standard InChI is InChI=1S/C11H9BrF3N3S/c1-6-8(12)3-7(11(13,14)15)4-9(6)18-10(19-2)17-5-16/h3-4H,1-2H3,(H,17,18). The van der Waals surface area contributed by atoms with Crippen molar-refractivity contribution in [3.05, 3.63) is 27.7 Å². The summed E-state index contributed by atoms with van der Waals surface area (Å²) in [4.78, 5) is 4.02. The van der Waals surface area contributed by atoms with Gasteiger partial charge >= 0.3 is 6.18 Å². The zero-order chi connectivity index (χ0) is 14.6. The molecule has 0 aromatic heterocycles. The van der Waals surface area contributed by atoms with E-state index in [4.69, 9.17) is 5.26 Å². The summed E-state index contributed by atoms with van der Waals surface area (Å²) < 4.78 is 38.4. The predicted octanol–water partition coefficient (Wildman–Crippen LogP) is 4.20. The first-order valence-electron chi connectivity index (χ1n) is 4.94. The second kappa shape index (κ2) is 6.30. The van der Waals surface area contributed by atoms with E-state index in [2.05, 4.69) is 26.2 Å². The molecule has 3 nitrogen and oxygen atoms in total. The molecule has 0 aliphatic carbocycles. The fraction of sp³-hybridized carbons (Fsp3) is 0.273. The highest BCUT2D eigenvalue weighted by molar-refractivity contribution is 9.10. The molecule has 0 radical (unpaired) electrons. The van der Waals surface area contributed by atoms with Gasteiger partial charge in [-0.05, 0) is 30.9 Å².